The van der Waals surface area contributed by atoms with Gasteiger partial charge in [0.2, 0.25) is 11.4 Å². The van der Waals surface area contributed by atoms with E-state index < -0.39 is 11.7 Å². The van der Waals surface area contributed by atoms with Crippen molar-refractivity contribution in [2.45, 2.75) is 50.5 Å². The maximum absolute atomic E-state index is 14.5. The highest BCUT2D eigenvalue weighted by Gasteiger charge is 2.50. The minimum Gasteiger partial charge on any atom is -0.352 e. The lowest BCUT2D eigenvalue weighted by molar-refractivity contribution is -0.573. The zero-order valence-electron chi connectivity index (χ0n) is 23.4. The number of aryl methyl sites for hydroxylation is 1. The molecule has 6 heteroatoms. The van der Waals surface area contributed by atoms with Gasteiger partial charge in [-0.15, -0.1) is 0 Å². The summed E-state index contributed by atoms with van der Waals surface area (Å²) in [5.74, 6) is -0.0135. The van der Waals surface area contributed by atoms with E-state index in [1.54, 1.807) is 6.07 Å². The molecule has 210 valence electrons. The predicted octanol–water partition coefficient (Wildman–Crippen LogP) is 7.86. The van der Waals surface area contributed by atoms with Gasteiger partial charge in [0.15, 0.2) is 6.20 Å². The van der Waals surface area contributed by atoms with Crippen molar-refractivity contribution in [2.75, 3.05) is 6.54 Å². The standard InChI is InChI=1S/C36H31F3N3/c1-22-20-32-27-11-7-13-31(36(37,38)39)26(27)14-15-29-28-12-6-10-25-16-17-40-18-19-41(35(40)33(25)28)34(29)23(2)42(32)21-30(22)24-8-4-3-5-9-24/h3-13,18-21,29,34-35H,2,14-17H2,1H3/q+1. The number of benzene rings is 3. The monoisotopic (exact) mass is 562 g/mol. The number of aromatic nitrogens is 1. The molecule has 4 aliphatic rings. The number of halogens is 3. The van der Waals surface area contributed by atoms with E-state index in [1.807, 2.05) is 31.2 Å². The Morgan fingerprint density at radius 1 is 0.905 bits per heavy atom. The fourth-order valence-corrected chi connectivity index (χ4v) is 7.91. The fourth-order valence-electron chi connectivity index (χ4n) is 7.91. The molecule has 4 aromatic rings. The van der Waals surface area contributed by atoms with Crippen LogP contribution in [-0.4, -0.2) is 22.4 Å². The van der Waals surface area contributed by atoms with E-state index in [9.17, 15) is 13.2 Å². The number of alkyl halides is 3. The average molecular weight is 563 g/mol. The molecule has 0 N–H and O–H groups in total. The van der Waals surface area contributed by atoms with Gasteiger partial charge in [0.1, 0.15) is 12.2 Å². The molecule has 3 nitrogen and oxygen atoms in total. The average Bonchev–Trinajstić information content (AvgIpc) is 3.44. The summed E-state index contributed by atoms with van der Waals surface area (Å²) in [5.41, 5.74) is 9.12. The van der Waals surface area contributed by atoms with Crippen LogP contribution in [0, 0.1) is 6.92 Å². The van der Waals surface area contributed by atoms with Gasteiger partial charge in [0, 0.05) is 42.1 Å². The van der Waals surface area contributed by atoms with Crippen LogP contribution in [0.1, 0.15) is 51.9 Å². The molecule has 3 aromatic carbocycles. The van der Waals surface area contributed by atoms with Gasteiger partial charge in [-0.05, 0) is 72.7 Å². The molecule has 5 heterocycles. The van der Waals surface area contributed by atoms with Crippen molar-refractivity contribution in [2.24, 2.45) is 0 Å². The molecule has 1 aromatic heterocycles. The fraction of sp³-hybridized carbons (Fsp3) is 0.250. The third-order valence-corrected chi connectivity index (χ3v) is 9.75. The Hall–Kier alpha value is -4.32. The zero-order valence-corrected chi connectivity index (χ0v) is 23.4. The van der Waals surface area contributed by atoms with E-state index in [0.29, 0.717) is 24.0 Å². The van der Waals surface area contributed by atoms with Gasteiger partial charge in [-0.25, -0.2) is 0 Å². The quantitative estimate of drug-likeness (QED) is 0.219. The lowest BCUT2D eigenvalue weighted by Crippen LogP contribution is -2.53. The highest BCUT2D eigenvalue weighted by molar-refractivity contribution is 5.72. The smallest absolute Gasteiger partial charge is 0.352 e. The number of fused-ring (bicyclic) bond motifs is 6. The Balaban J connectivity index is 1.41. The van der Waals surface area contributed by atoms with Crippen LogP contribution in [0.15, 0.2) is 98.0 Å². The number of hydrogen-bond donors (Lipinski definition) is 0. The van der Waals surface area contributed by atoms with Crippen molar-refractivity contribution in [1.82, 2.24) is 9.80 Å². The molecule has 0 fully saturated rings. The largest absolute Gasteiger partial charge is 0.416 e. The molecule has 0 saturated heterocycles. The second kappa shape index (κ2) is 9.09. The van der Waals surface area contributed by atoms with Crippen molar-refractivity contribution in [1.29, 1.82) is 0 Å². The Bertz CT molecular complexity index is 1790. The van der Waals surface area contributed by atoms with Gasteiger partial charge in [0.05, 0.1) is 11.1 Å². The molecule has 0 amide bonds. The SMILES string of the molecule is C=C1C2C(CCc3c(cccc3C(F)(F)F)-c3cc(C)c(-c4ccccc4)c[n+]31)c1cccc3c1C1N(C=CN21)CC3. The minimum absolute atomic E-state index is 0.0135. The normalized spacial score (nSPS) is 22.0. The summed E-state index contributed by atoms with van der Waals surface area (Å²) < 4.78 is 45.7. The van der Waals surface area contributed by atoms with E-state index in [-0.39, 0.29) is 18.1 Å². The first-order valence-corrected chi connectivity index (χ1v) is 14.6. The van der Waals surface area contributed by atoms with Gasteiger partial charge in [-0.1, -0.05) is 54.6 Å². The molecule has 4 aliphatic heterocycles. The molecule has 0 saturated carbocycles. The molecule has 42 heavy (non-hydrogen) atoms. The summed E-state index contributed by atoms with van der Waals surface area (Å²) in [6.07, 6.45) is 3.98. The number of nitrogens with zero attached hydrogens (tertiary/aromatic N) is 3. The first kappa shape index (κ1) is 25.4. The lowest BCUT2D eigenvalue weighted by atomic mass is 9.75. The molecule has 8 rings (SSSR count). The summed E-state index contributed by atoms with van der Waals surface area (Å²) in [6.45, 7) is 7.72. The summed E-state index contributed by atoms with van der Waals surface area (Å²) in [7, 11) is 0. The summed E-state index contributed by atoms with van der Waals surface area (Å²) in [6, 6.07) is 23.3. The van der Waals surface area contributed by atoms with Crippen LogP contribution in [0.2, 0.25) is 0 Å². The third-order valence-electron chi connectivity index (χ3n) is 9.75. The minimum atomic E-state index is -4.44. The number of pyridine rings is 1. The van der Waals surface area contributed by atoms with Crippen LogP contribution in [-0.2, 0) is 19.0 Å². The first-order valence-electron chi connectivity index (χ1n) is 14.6. The van der Waals surface area contributed by atoms with Crippen molar-refractivity contribution in [3.63, 3.8) is 0 Å². The molecule has 0 bridgehead atoms. The third kappa shape index (κ3) is 3.63. The highest BCUT2D eigenvalue weighted by atomic mass is 19.4. The van der Waals surface area contributed by atoms with Gasteiger partial charge in [-0.2, -0.15) is 17.7 Å². The van der Waals surface area contributed by atoms with E-state index >= 15 is 0 Å². The van der Waals surface area contributed by atoms with Crippen LogP contribution in [0.4, 0.5) is 13.2 Å². The topological polar surface area (TPSA) is 10.4 Å². The molecule has 3 unspecified atom stereocenters. The van der Waals surface area contributed by atoms with E-state index in [2.05, 4.69) is 69.4 Å². The van der Waals surface area contributed by atoms with E-state index in [0.717, 1.165) is 41.0 Å². The molecular formula is C36H31F3N3+. The number of rotatable bonds is 1. The van der Waals surface area contributed by atoms with Crippen LogP contribution in [0.25, 0.3) is 28.1 Å². The highest BCUT2D eigenvalue weighted by Crippen LogP contribution is 2.52. The second-order valence-corrected chi connectivity index (χ2v) is 11.9. The number of hydrogen-bond acceptors (Lipinski definition) is 2. The summed E-state index contributed by atoms with van der Waals surface area (Å²) >= 11 is 0. The van der Waals surface area contributed by atoms with E-state index in [1.165, 1.54) is 22.8 Å². The molecule has 3 atom stereocenters. The molecule has 0 spiro atoms. The van der Waals surface area contributed by atoms with Gasteiger partial charge >= 0.3 is 6.18 Å². The van der Waals surface area contributed by atoms with Crippen molar-refractivity contribution >= 4 is 5.70 Å². The van der Waals surface area contributed by atoms with Gasteiger partial charge in [0.25, 0.3) is 0 Å². The van der Waals surface area contributed by atoms with Crippen LogP contribution >= 0.6 is 0 Å². The van der Waals surface area contributed by atoms with Gasteiger partial charge in [-0.3, -0.25) is 0 Å². The maximum atomic E-state index is 14.5. The predicted molar refractivity (Wildman–Crippen MR) is 158 cm³/mol. The summed E-state index contributed by atoms with van der Waals surface area (Å²) in [5, 5.41) is 0. The van der Waals surface area contributed by atoms with Gasteiger partial charge < -0.3 is 9.80 Å². The molecule has 0 aliphatic carbocycles. The maximum Gasteiger partial charge on any atom is 0.416 e. The van der Waals surface area contributed by atoms with Crippen LogP contribution < -0.4 is 4.57 Å². The van der Waals surface area contributed by atoms with E-state index in [4.69, 9.17) is 6.58 Å². The Labute approximate surface area is 243 Å². The molecular weight excluding hydrogens is 531 g/mol. The Morgan fingerprint density at radius 3 is 2.52 bits per heavy atom. The zero-order chi connectivity index (χ0) is 28.7. The second-order valence-electron chi connectivity index (χ2n) is 11.9. The molecule has 0 radical (unpaired) electrons. The lowest BCUT2D eigenvalue weighted by Gasteiger charge is -2.48. The Morgan fingerprint density at radius 2 is 1.71 bits per heavy atom. The summed E-state index contributed by atoms with van der Waals surface area (Å²) in [4.78, 5) is 4.81. The van der Waals surface area contributed by atoms with Crippen LogP contribution in [0.3, 0.4) is 0 Å². The van der Waals surface area contributed by atoms with Crippen molar-refractivity contribution in [3.8, 4) is 22.4 Å². The first-order chi connectivity index (χ1) is 20.3. The Kier molecular flexibility index (Phi) is 5.50. The van der Waals surface area contributed by atoms with Crippen molar-refractivity contribution < 1.29 is 17.7 Å². The van der Waals surface area contributed by atoms with Crippen molar-refractivity contribution in [3.05, 3.63) is 131 Å². The van der Waals surface area contributed by atoms with Crippen LogP contribution in [0.5, 0.6) is 0 Å².